The first-order valence-electron chi connectivity index (χ1n) is 6.94. The van der Waals surface area contributed by atoms with Crippen molar-refractivity contribution in [2.45, 2.75) is 17.4 Å². The van der Waals surface area contributed by atoms with Crippen molar-refractivity contribution in [3.63, 3.8) is 0 Å². The van der Waals surface area contributed by atoms with E-state index in [0.29, 0.717) is 12.3 Å². The highest BCUT2D eigenvalue weighted by molar-refractivity contribution is 7.89. The summed E-state index contributed by atoms with van der Waals surface area (Å²) in [6, 6.07) is 2.99. The van der Waals surface area contributed by atoms with Gasteiger partial charge in [0.15, 0.2) is 4.90 Å². The van der Waals surface area contributed by atoms with Crippen LogP contribution in [-0.2, 0) is 10.0 Å². The molecule has 0 aromatic heterocycles. The first kappa shape index (κ1) is 16.9. The molecule has 124 valence electrons. The fourth-order valence-corrected chi connectivity index (χ4v) is 4.17. The standard InChI is InChI=1S/C14H22N2O5S/c1-16(10-5-6-15-9-10)22(17,18)14-12(20-3)7-11(19-2)8-13(14)21-4/h7-8,10,15H,5-6,9H2,1-4H3. The van der Waals surface area contributed by atoms with Crippen molar-refractivity contribution >= 4 is 10.0 Å². The third-order valence-corrected chi connectivity index (χ3v) is 5.83. The smallest absolute Gasteiger partial charge is 0.250 e. The van der Waals surface area contributed by atoms with E-state index >= 15 is 0 Å². The number of sulfonamides is 1. The summed E-state index contributed by atoms with van der Waals surface area (Å²) in [5.74, 6) is 0.876. The van der Waals surface area contributed by atoms with Crippen LogP contribution in [-0.4, -0.2) is 60.2 Å². The number of hydrogen-bond acceptors (Lipinski definition) is 6. The van der Waals surface area contributed by atoms with Crippen molar-refractivity contribution in [1.29, 1.82) is 0 Å². The van der Waals surface area contributed by atoms with Crippen LogP contribution in [0, 0.1) is 0 Å². The molecule has 1 atom stereocenters. The second-order valence-electron chi connectivity index (χ2n) is 5.03. The summed E-state index contributed by atoms with van der Waals surface area (Å²) in [5, 5.41) is 3.16. The molecule has 1 unspecified atom stereocenters. The summed E-state index contributed by atoms with van der Waals surface area (Å²) in [5.41, 5.74) is 0. The molecule has 7 nitrogen and oxygen atoms in total. The van der Waals surface area contributed by atoms with E-state index in [9.17, 15) is 8.42 Å². The number of benzene rings is 1. The molecule has 0 spiro atoms. The van der Waals surface area contributed by atoms with E-state index < -0.39 is 10.0 Å². The van der Waals surface area contributed by atoms with Crippen molar-refractivity contribution in [2.75, 3.05) is 41.5 Å². The molecule has 0 saturated carbocycles. The molecule has 1 aliphatic heterocycles. The molecule has 22 heavy (non-hydrogen) atoms. The Balaban J connectivity index is 2.53. The number of likely N-dealkylation sites (N-methyl/N-ethyl adjacent to an activating group) is 1. The molecule has 0 amide bonds. The van der Waals surface area contributed by atoms with Crippen LogP contribution in [0.3, 0.4) is 0 Å². The molecule has 0 bridgehead atoms. The Hall–Kier alpha value is -1.51. The Bertz CT molecular complexity index is 601. The van der Waals surface area contributed by atoms with Gasteiger partial charge in [-0.15, -0.1) is 0 Å². The van der Waals surface area contributed by atoms with Crippen LogP contribution in [0.15, 0.2) is 17.0 Å². The Morgan fingerprint density at radius 3 is 2.14 bits per heavy atom. The SMILES string of the molecule is COc1cc(OC)c(S(=O)(=O)N(C)C2CCNC2)c(OC)c1. The van der Waals surface area contributed by atoms with Gasteiger partial charge in [0.05, 0.1) is 21.3 Å². The van der Waals surface area contributed by atoms with Gasteiger partial charge in [0, 0.05) is 31.8 Å². The van der Waals surface area contributed by atoms with Crippen molar-refractivity contribution < 1.29 is 22.6 Å². The monoisotopic (exact) mass is 330 g/mol. The van der Waals surface area contributed by atoms with E-state index in [4.69, 9.17) is 14.2 Å². The molecule has 0 aliphatic carbocycles. The Morgan fingerprint density at radius 2 is 1.73 bits per heavy atom. The molecule has 1 aromatic carbocycles. The molecular weight excluding hydrogens is 308 g/mol. The molecule has 1 fully saturated rings. The lowest BCUT2D eigenvalue weighted by molar-refractivity contribution is 0.348. The van der Waals surface area contributed by atoms with Crippen molar-refractivity contribution in [3.05, 3.63) is 12.1 Å². The van der Waals surface area contributed by atoms with Gasteiger partial charge in [-0.2, -0.15) is 4.31 Å². The summed E-state index contributed by atoms with van der Waals surface area (Å²) >= 11 is 0. The van der Waals surface area contributed by atoms with E-state index in [0.717, 1.165) is 13.0 Å². The zero-order chi connectivity index (χ0) is 16.3. The Morgan fingerprint density at radius 1 is 1.14 bits per heavy atom. The first-order chi connectivity index (χ1) is 10.5. The topological polar surface area (TPSA) is 77.1 Å². The van der Waals surface area contributed by atoms with Crippen LogP contribution in [0.1, 0.15) is 6.42 Å². The summed E-state index contributed by atoms with van der Waals surface area (Å²) in [7, 11) is 2.18. The van der Waals surface area contributed by atoms with Gasteiger partial charge in [-0.25, -0.2) is 8.42 Å². The average molecular weight is 330 g/mol. The van der Waals surface area contributed by atoms with Crippen LogP contribution in [0.4, 0.5) is 0 Å². The number of nitrogens with one attached hydrogen (secondary N) is 1. The third kappa shape index (κ3) is 2.99. The summed E-state index contributed by atoms with van der Waals surface area (Å²) in [6.45, 7) is 1.44. The van der Waals surface area contributed by atoms with Crippen LogP contribution < -0.4 is 19.5 Å². The molecule has 8 heteroatoms. The third-order valence-electron chi connectivity index (χ3n) is 3.86. The molecule has 1 N–H and O–H groups in total. The van der Waals surface area contributed by atoms with E-state index in [1.54, 1.807) is 7.05 Å². The van der Waals surface area contributed by atoms with Crippen molar-refractivity contribution in [2.24, 2.45) is 0 Å². The normalized spacial score (nSPS) is 18.5. The summed E-state index contributed by atoms with van der Waals surface area (Å²) in [4.78, 5) is 0.0210. The largest absolute Gasteiger partial charge is 0.496 e. The minimum Gasteiger partial charge on any atom is -0.496 e. The number of hydrogen-bond donors (Lipinski definition) is 1. The van der Waals surface area contributed by atoms with Gasteiger partial charge >= 0.3 is 0 Å². The summed E-state index contributed by atoms with van der Waals surface area (Å²) < 4.78 is 43.0. The highest BCUT2D eigenvalue weighted by Crippen LogP contribution is 2.39. The van der Waals surface area contributed by atoms with E-state index in [1.165, 1.54) is 37.8 Å². The Kier molecular flexibility index (Phi) is 5.15. The van der Waals surface area contributed by atoms with Gasteiger partial charge in [-0.3, -0.25) is 0 Å². The van der Waals surface area contributed by atoms with Crippen LogP contribution in [0.2, 0.25) is 0 Å². The predicted molar refractivity (Wildman–Crippen MR) is 82.3 cm³/mol. The zero-order valence-electron chi connectivity index (χ0n) is 13.3. The maximum atomic E-state index is 13.0. The number of rotatable bonds is 6. The first-order valence-corrected chi connectivity index (χ1v) is 8.38. The highest BCUT2D eigenvalue weighted by atomic mass is 32.2. The number of nitrogens with zero attached hydrogens (tertiary/aromatic N) is 1. The van der Waals surface area contributed by atoms with Gasteiger partial charge in [0.2, 0.25) is 0 Å². The van der Waals surface area contributed by atoms with Crippen molar-refractivity contribution in [3.8, 4) is 17.2 Å². The van der Waals surface area contributed by atoms with Crippen LogP contribution in [0.25, 0.3) is 0 Å². The number of methoxy groups -OCH3 is 3. The quantitative estimate of drug-likeness (QED) is 0.827. The van der Waals surface area contributed by atoms with Gasteiger partial charge in [-0.05, 0) is 13.0 Å². The molecule has 0 radical (unpaired) electrons. The molecule has 1 heterocycles. The second-order valence-corrected chi connectivity index (χ2v) is 6.96. The summed E-state index contributed by atoms with van der Waals surface area (Å²) in [6.07, 6.45) is 0.774. The highest BCUT2D eigenvalue weighted by Gasteiger charge is 2.35. The van der Waals surface area contributed by atoms with Crippen LogP contribution >= 0.6 is 0 Å². The van der Waals surface area contributed by atoms with Crippen LogP contribution in [0.5, 0.6) is 17.2 Å². The molecule has 1 aromatic rings. The van der Waals surface area contributed by atoms with Gasteiger partial charge in [-0.1, -0.05) is 0 Å². The lowest BCUT2D eigenvalue weighted by Gasteiger charge is -2.25. The molecule has 2 rings (SSSR count). The van der Waals surface area contributed by atoms with Gasteiger partial charge in [0.1, 0.15) is 17.2 Å². The lowest BCUT2D eigenvalue weighted by atomic mass is 10.3. The fourth-order valence-electron chi connectivity index (χ4n) is 2.52. The lowest BCUT2D eigenvalue weighted by Crippen LogP contribution is -2.38. The number of ether oxygens (including phenoxy) is 3. The van der Waals surface area contributed by atoms with E-state index in [1.807, 2.05) is 0 Å². The maximum absolute atomic E-state index is 13.0. The minimum absolute atomic E-state index is 0.0210. The predicted octanol–water partition coefficient (Wildman–Crippen LogP) is 0.695. The van der Waals surface area contributed by atoms with Gasteiger partial charge < -0.3 is 19.5 Å². The minimum atomic E-state index is -3.75. The van der Waals surface area contributed by atoms with Gasteiger partial charge in [0.25, 0.3) is 10.0 Å². The molecule has 1 aliphatic rings. The Labute approximate surface area is 131 Å². The fraction of sp³-hybridized carbons (Fsp3) is 0.571. The second kappa shape index (κ2) is 6.72. The maximum Gasteiger partial charge on any atom is 0.250 e. The van der Waals surface area contributed by atoms with E-state index in [-0.39, 0.29) is 22.4 Å². The average Bonchev–Trinajstić information content (AvgIpc) is 3.06. The van der Waals surface area contributed by atoms with E-state index in [2.05, 4.69) is 5.32 Å². The molecular formula is C14H22N2O5S. The zero-order valence-corrected chi connectivity index (χ0v) is 14.1. The van der Waals surface area contributed by atoms with Crippen molar-refractivity contribution in [1.82, 2.24) is 9.62 Å². The molecule has 1 saturated heterocycles.